The summed E-state index contributed by atoms with van der Waals surface area (Å²) in [5.41, 5.74) is 4.18. The number of rotatable bonds is 9. The van der Waals surface area contributed by atoms with E-state index in [9.17, 15) is 23.2 Å². The molecular formula is C24H24F2N2O6. The number of amides is 2. The highest BCUT2D eigenvalue weighted by Gasteiger charge is 2.71. The number of ether oxygens (including phenoxy) is 2. The van der Waals surface area contributed by atoms with Crippen molar-refractivity contribution in [1.82, 2.24) is 10.6 Å². The number of aliphatic carboxylic acids is 1. The molecule has 0 aliphatic heterocycles. The lowest BCUT2D eigenvalue weighted by atomic mass is 9.98. The maximum Gasteiger partial charge on any atom is 0.407 e. The number of carbonyl (C=O) groups is 3. The number of methoxy groups -OCH3 is 1. The lowest BCUT2D eigenvalue weighted by Gasteiger charge is -2.14. The van der Waals surface area contributed by atoms with Crippen LogP contribution in [0.1, 0.15) is 17.0 Å². The summed E-state index contributed by atoms with van der Waals surface area (Å²) in [6.45, 7) is -0.851. The van der Waals surface area contributed by atoms with Gasteiger partial charge in [0, 0.05) is 19.6 Å². The van der Waals surface area contributed by atoms with Crippen molar-refractivity contribution >= 4 is 18.0 Å². The predicted molar refractivity (Wildman–Crippen MR) is 116 cm³/mol. The Kier molecular flexibility index (Phi) is 6.52. The van der Waals surface area contributed by atoms with Crippen molar-refractivity contribution < 1.29 is 37.7 Å². The van der Waals surface area contributed by atoms with Gasteiger partial charge in [-0.25, -0.2) is 18.4 Å². The number of fused-ring (bicyclic) bond motifs is 3. The second-order valence-electron chi connectivity index (χ2n) is 8.27. The van der Waals surface area contributed by atoms with Crippen molar-refractivity contribution in [1.29, 1.82) is 0 Å². The number of carboxylic acids is 1. The molecule has 10 heteroatoms. The quantitative estimate of drug-likeness (QED) is 0.515. The highest BCUT2D eigenvalue weighted by atomic mass is 19.3. The number of carbonyl (C=O) groups excluding carboxylic acids is 2. The molecule has 2 aromatic rings. The van der Waals surface area contributed by atoms with Crippen molar-refractivity contribution in [2.45, 2.75) is 17.9 Å². The topological polar surface area (TPSA) is 114 Å². The SMILES string of the molecule is COC(CNC(=O)[C@@H]1[C@H](CNC(=O)OCC2c3ccccc3-c3ccccc32)C1(F)F)C(=O)O. The van der Waals surface area contributed by atoms with Gasteiger partial charge in [-0.1, -0.05) is 48.5 Å². The summed E-state index contributed by atoms with van der Waals surface area (Å²) in [6.07, 6.45) is -2.19. The van der Waals surface area contributed by atoms with E-state index in [0.717, 1.165) is 29.4 Å². The monoisotopic (exact) mass is 474 g/mol. The van der Waals surface area contributed by atoms with E-state index in [-0.39, 0.29) is 12.5 Å². The van der Waals surface area contributed by atoms with Crippen LogP contribution in [0.3, 0.4) is 0 Å². The third-order valence-electron chi connectivity index (χ3n) is 6.32. The molecule has 0 aromatic heterocycles. The Hall–Kier alpha value is -3.53. The first kappa shape index (κ1) is 23.6. The lowest BCUT2D eigenvalue weighted by molar-refractivity contribution is -0.148. The van der Waals surface area contributed by atoms with Crippen LogP contribution in [0.15, 0.2) is 48.5 Å². The van der Waals surface area contributed by atoms with E-state index >= 15 is 0 Å². The van der Waals surface area contributed by atoms with E-state index in [1.165, 1.54) is 0 Å². The van der Waals surface area contributed by atoms with Crippen LogP contribution in [-0.2, 0) is 19.1 Å². The summed E-state index contributed by atoms with van der Waals surface area (Å²) in [5, 5.41) is 13.4. The molecule has 2 aromatic carbocycles. The van der Waals surface area contributed by atoms with Crippen LogP contribution in [0.5, 0.6) is 0 Å². The van der Waals surface area contributed by atoms with Gasteiger partial charge in [-0.05, 0) is 22.3 Å². The molecule has 180 valence electrons. The fourth-order valence-electron chi connectivity index (χ4n) is 4.42. The minimum atomic E-state index is -3.31. The maximum absolute atomic E-state index is 14.1. The van der Waals surface area contributed by atoms with E-state index in [2.05, 4.69) is 15.4 Å². The van der Waals surface area contributed by atoms with Gasteiger partial charge in [0.15, 0.2) is 6.10 Å². The minimum Gasteiger partial charge on any atom is -0.479 e. The summed E-state index contributed by atoms with van der Waals surface area (Å²) >= 11 is 0. The van der Waals surface area contributed by atoms with Crippen molar-refractivity contribution in [3.8, 4) is 11.1 Å². The average Bonchev–Trinajstić information content (AvgIpc) is 3.22. The van der Waals surface area contributed by atoms with Crippen LogP contribution < -0.4 is 10.6 Å². The van der Waals surface area contributed by atoms with E-state index < -0.39 is 54.9 Å². The van der Waals surface area contributed by atoms with Gasteiger partial charge in [0.2, 0.25) is 5.91 Å². The first-order chi connectivity index (χ1) is 16.3. The largest absolute Gasteiger partial charge is 0.479 e. The molecule has 1 saturated carbocycles. The molecule has 8 nitrogen and oxygen atoms in total. The molecule has 0 heterocycles. The number of alkyl carbamates (subject to hydrolysis) is 1. The second kappa shape index (κ2) is 9.38. The fourth-order valence-corrected chi connectivity index (χ4v) is 4.42. The predicted octanol–water partition coefficient (Wildman–Crippen LogP) is 2.62. The van der Waals surface area contributed by atoms with Crippen LogP contribution in [0.25, 0.3) is 11.1 Å². The van der Waals surface area contributed by atoms with Gasteiger partial charge in [0.25, 0.3) is 5.92 Å². The highest BCUT2D eigenvalue weighted by Crippen LogP contribution is 2.55. The number of hydrogen-bond donors (Lipinski definition) is 3. The highest BCUT2D eigenvalue weighted by molar-refractivity contribution is 5.84. The molecule has 1 unspecified atom stereocenters. The molecule has 3 N–H and O–H groups in total. The summed E-state index contributed by atoms with van der Waals surface area (Å²) in [7, 11) is 1.14. The number of nitrogens with one attached hydrogen (secondary N) is 2. The van der Waals surface area contributed by atoms with Crippen LogP contribution >= 0.6 is 0 Å². The van der Waals surface area contributed by atoms with Gasteiger partial charge in [-0.15, -0.1) is 0 Å². The van der Waals surface area contributed by atoms with Crippen LogP contribution in [0, 0.1) is 11.8 Å². The van der Waals surface area contributed by atoms with Gasteiger partial charge in [0.05, 0.1) is 12.5 Å². The zero-order chi connectivity index (χ0) is 24.5. The standard InChI is InChI=1S/C24H24F2N2O6/c1-33-19(22(30)31)11-27-21(29)20-18(24(20,25)26)10-28-23(32)34-12-17-15-8-4-2-6-13(15)14-7-3-5-9-16(14)17/h2-9,17-20H,10-12H2,1H3,(H,27,29)(H,28,32)(H,30,31)/t18-,19?,20-/m0/s1. The Morgan fingerprint density at radius 3 is 2.18 bits per heavy atom. The Morgan fingerprint density at radius 1 is 1.03 bits per heavy atom. The molecule has 1 fully saturated rings. The van der Waals surface area contributed by atoms with Crippen LogP contribution in [0.2, 0.25) is 0 Å². The Labute approximate surface area is 194 Å². The van der Waals surface area contributed by atoms with Gasteiger partial charge in [-0.3, -0.25) is 4.79 Å². The zero-order valence-electron chi connectivity index (χ0n) is 18.3. The van der Waals surface area contributed by atoms with Crippen LogP contribution in [0.4, 0.5) is 13.6 Å². The molecule has 0 spiro atoms. The van der Waals surface area contributed by atoms with Crippen molar-refractivity contribution in [2.75, 3.05) is 26.8 Å². The van der Waals surface area contributed by atoms with Crippen molar-refractivity contribution in [3.63, 3.8) is 0 Å². The summed E-state index contributed by atoms with van der Waals surface area (Å²) in [4.78, 5) is 35.2. The van der Waals surface area contributed by atoms with Gasteiger partial charge in [0.1, 0.15) is 12.5 Å². The Balaban J connectivity index is 1.29. The average molecular weight is 474 g/mol. The molecule has 34 heavy (non-hydrogen) atoms. The fraction of sp³-hybridized carbons (Fsp3) is 0.375. The molecule has 2 aliphatic rings. The first-order valence-corrected chi connectivity index (χ1v) is 10.8. The molecule has 0 radical (unpaired) electrons. The molecule has 2 aliphatic carbocycles. The van der Waals surface area contributed by atoms with E-state index in [1.807, 2.05) is 48.5 Å². The van der Waals surface area contributed by atoms with E-state index in [1.54, 1.807) is 0 Å². The van der Waals surface area contributed by atoms with Gasteiger partial charge < -0.3 is 25.2 Å². The minimum absolute atomic E-state index is 0.0401. The number of hydrogen-bond acceptors (Lipinski definition) is 5. The van der Waals surface area contributed by atoms with Crippen molar-refractivity contribution in [2.24, 2.45) is 11.8 Å². The molecule has 4 rings (SSSR count). The van der Waals surface area contributed by atoms with Crippen molar-refractivity contribution in [3.05, 3.63) is 59.7 Å². The molecule has 2 amide bonds. The van der Waals surface area contributed by atoms with Gasteiger partial charge >= 0.3 is 12.1 Å². The van der Waals surface area contributed by atoms with E-state index in [4.69, 9.17) is 9.84 Å². The number of halogens is 2. The van der Waals surface area contributed by atoms with Gasteiger partial charge in [-0.2, -0.15) is 0 Å². The summed E-state index contributed by atoms with van der Waals surface area (Å²) in [5.74, 6) is -8.85. The molecule has 3 atom stereocenters. The Morgan fingerprint density at radius 2 is 1.62 bits per heavy atom. The normalized spacial score (nSPS) is 20.6. The number of carboxylic acid groups (broad SMARTS) is 1. The summed E-state index contributed by atoms with van der Waals surface area (Å²) in [6, 6.07) is 15.6. The zero-order valence-corrected chi connectivity index (χ0v) is 18.3. The number of benzene rings is 2. The number of alkyl halides is 2. The maximum atomic E-state index is 14.1. The lowest BCUT2D eigenvalue weighted by Crippen LogP contribution is -2.39. The Bertz CT molecular complexity index is 1060. The summed E-state index contributed by atoms with van der Waals surface area (Å²) < 4.78 is 38.2. The third kappa shape index (κ3) is 4.45. The van der Waals surface area contributed by atoms with E-state index in [0.29, 0.717) is 0 Å². The van der Waals surface area contributed by atoms with Crippen LogP contribution in [-0.4, -0.2) is 61.9 Å². The molecular weight excluding hydrogens is 450 g/mol. The smallest absolute Gasteiger partial charge is 0.407 e. The second-order valence-corrected chi connectivity index (χ2v) is 8.27. The first-order valence-electron chi connectivity index (χ1n) is 10.8. The molecule has 0 saturated heterocycles. The molecule has 0 bridgehead atoms. The third-order valence-corrected chi connectivity index (χ3v) is 6.32.